The van der Waals surface area contributed by atoms with Crippen LogP contribution in [0.4, 0.5) is 4.79 Å². The van der Waals surface area contributed by atoms with Gasteiger partial charge in [0.05, 0.1) is 6.04 Å². The Morgan fingerprint density at radius 1 is 1.45 bits per heavy atom. The summed E-state index contributed by atoms with van der Waals surface area (Å²) >= 11 is 5.99. The van der Waals surface area contributed by atoms with Crippen molar-refractivity contribution < 1.29 is 9.53 Å². The Labute approximate surface area is 125 Å². The summed E-state index contributed by atoms with van der Waals surface area (Å²) in [5.74, 6) is 0.516. The number of amides is 1. The van der Waals surface area contributed by atoms with Crippen molar-refractivity contribution in [2.45, 2.75) is 51.6 Å². The van der Waals surface area contributed by atoms with Crippen molar-refractivity contribution in [3.05, 3.63) is 34.9 Å². The topological polar surface area (TPSA) is 29.5 Å². The molecule has 1 unspecified atom stereocenters. The van der Waals surface area contributed by atoms with Crippen LogP contribution < -0.4 is 0 Å². The fraction of sp³-hybridized carbons (Fsp3) is 0.562. The molecule has 0 bridgehead atoms. The van der Waals surface area contributed by atoms with E-state index >= 15 is 0 Å². The summed E-state index contributed by atoms with van der Waals surface area (Å²) in [7, 11) is 0. The summed E-state index contributed by atoms with van der Waals surface area (Å²) in [6.45, 7) is 8.38. The zero-order chi connectivity index (χ0) is 14.9. The Bertz CT molecular complexity index is 508. The molecule has 0 radical (unpaired) electrons. The molecule has 1 amide bonds. The van der Waals surface area contributed by atoms with Gasteiger partial charge in [-0.1, -0.05) is 18.2 Å². The summed E-state index contributed by atoms with van der Waals surface area (Å²) in [4.78, 5) is 14.1. The number of fused-ring (bicyclic) bond motifs is 1. The third-order valence-electron chi connectivity index (χ3n) is 3.60. The van der Waals surface area contributed by atoms with Crippen molar-refractivity contribution in [2.75, 3.05) is 6.54 Å². The zero-order valence-electron chi connectivity index (χ0n) is 12.6. The van der Waals surface area contributed by atoms with Crippen molar-refractivity contribution in [3.63, 3.8) is 0 Å². The number of alkyl halides is 1. The quantitative estimate of drug-likeness (QED) is 0.724. The second kappa shape index (κ2) is 5.65. The van der Waals surface area contributed by atoms with Crippen LogP contribution in [0.5, 0.6) is 0 Å². The molecule has 0 fully saturated rings. The van der Waals surface area contributed by atoms with Crippen molar-refractivity contribution in [1.29, 1.82) is 0 Å². The summed E-state index contributed by atoms with van der Waals surface area (Å²) in [5, 5.41) is 0. The predicted octanol–water partition coefficient (Wildman–Crippen LogP) is 4.28. The van der Waals surface area contributed by atoms with Gasteiger partial charge in [-0.25, -0.2) is 4.79 Å². The van der Waals surface area contributed by atoms with Crippen LogP contribution in [0.3, 0.4) is 0 Å². The standard InChI is InChI=1S/C16H22ClNO2/c1-11-13-7-5-6-12(10-17)14(13)8-9-18(11)15(19)20-16(2,3)4/h5-7,11H,8-10H2,1-4H3. The maximum Gasteiger partial charge on any atom is 0.410 e. The number of rotatable bonds is 1. The number of halogens is 1. The Kier molecular flexibility index (Phi) is 4.28. The van der Waals surface area contributed by atoms with Crippen LogP contribution in [0, 0.1) is 0 Å². The lowest BCUT2D eigenvalue weighted by Crippen LogP contribution is -2.42. The molecular formula is C16H22ClNO2. The van der Waals surface area contributed by atoms with Gasteiger partial charge in [0, 0.05) is 12.4 Å². The van der Waals surface area contributed by atoms with E-state index in [1.54, 1.807) is 4.90 Å². The normalized spacial score (nSPS) is 18.6. The molecule has 4 heteroatoms. The van der Waals surface area contributed by atoms with E-state index in [1.807, 2.05) is 33.8 Å². The first-order chi connectivity index (χ1) is 9.33. The minimum absolute atomic E-state index is 0.0248. The highest BCUT2D eigenvalue weighted by atomic mass is 35.5. The van der Waals surface area contributed by atoms with E-state index in [1.165, 1.54) is 16.7 Å². The third-order valence-corrected chi connectivity index (χ3v) is 3.89. The van der Waals surface area contributed by atoms with Gasteiger partial charge in [0.1, 0.15) is 5.60 Å². The summed E-state index contributed by atoms with van der Waals surface area (Å²) in [5.41, 5.74) is 3.17. The molecule has 0 N–H and O–H groups in total. The van der Waals surface area contributed by atoms with Gasteiger partial charge in [-0.05, 0) is 50.8 Å². The lowest BCUT2D eigenvalue weighted by Gasteiger charge is -2.37. The molecule has 1 aliphatic heterocycles. The zero-order valence-corrected chi connectivity index (χ0v) is 13.3. The monoisotopic (exact) mass is 295 g/mol. The highest BCUT2D eigenvalue weighted by molar-refractivity contribution is 6.17. The van der Waals surface area contributed by atoms with Gasteiger partial charge in [0.2, 0.25) is 0 Å². The fourth-order valence-electron chi connectivity index (χ4n) is 2.64. The van der Waals surface area contributed by atoms with E-state index in [-0.39, 0.29) is 12.1 Å². The van der Waals surface area contributed by atoms with Crippen LogP contribution in [-0.2, 0) is 17.0 Å². The van der Waals surface area contributed by atoms with Gasteiger partial charge in [-0.3, -0.25) is 0 Å². The number of nitrogens with zero attached hydrogens (tertiary/aromatic N) is 1. The van der Waals surface area contributed by atoms with Crippen LogP contribution in [0.15, 0.2) is 18.2 Å². The Hall–Kier alpha value is -1.22. The number of hydrogen-bond acceptors (Lipinski definition) is 2. The average Bonchev–Trinajstić information content (AvgIpc) is 2.36. The van der Waals surface area contributed by atoms with Gasteiger partial charge < -0.3 is 9.64 Å². The van der Waals surface area contributed by atoms with Gasteiger partial charge in [-0.2, -0.15) is 0 Å². The molecule has 0 aromatic heterocycles. The van der Waals surface area contributed by atoms with Gasteiger partial charge in [0.25, 0.3) is 0 Å². The minimum atomic E-state index is -0.463. The number of ether oxygens (including phenoxy) is 1. The van der Waals surface area contributed by atoms with E-state index in [2.05, 4.69) is 12.1 Å². The lowest BCUT2D eigenvalue weighted by molar-refractivity contribution is 0.0159. The summed E-state index contributed by atoms with van der Waals surface area (Å²) < 4.78 is 5.48. The smallest absolute Gasteiger partial charge is 0.410 e. The van der Waals surface area contributed by atoms with Crippen molar-refractivity contribution in [2.24, 2.45) is 0 Å². The molecule has 3 nitrogen and oxygen atoms in total. The van der Waals surface area contributed by atoms with E-state index in [0.717, 1.165) is 6.42 Å². The van der Waals surface area contributed by atoms with Crippen molar-refractivity contribution in [1.82, 2.24) is 4.90 Å². The SMILES string of the molecule is CC1c2cccc(CCl)c2CCN1C(=O)OC(C)(C)C. The molecule has 0 saturated heterocycles. The maximum absolute atomic E-state index is 12.3. The number of carbonyl (C=O) groups excluding carboxylic acids is 1. The minimum Gasteiger partial charge on any atom is -0.444 e. The molecule has 2 rings (SSSR count). The highest BCUT2D eigenvalue weighted by Gasteiger charge is 2.31. The van der Waals surface area contributed by atoms with E-state index in [0.29, 0.717) is 12.4 Å². The molecule has 20 heavy (non-hydrogen) atoms. The van der Waals surface area contributed by atoms with Crippen molar-refractivity contribution >= 4 is 17.7 Å². The first-order valence-corrected chi connectivity index (χ1v) is 7.53. The molecule has 110 valence electrons. The number of benzene rings is 1. The Balaban J connectivity index is 2.24. The number of carbonyl (C=O) groups is 1. The Morgan fingerprint density at radius 2 is 2.15 bits per heavy atom. The molecule has 0 saturated carbocycles. The second-order valence-electron chi connectivity index (χ2n) is 6.22. The predicted molar refractivity (Wildman–Crippen MR) is 81.1 cm³/mol. The van der Waals surface area contributed by atoms with Crippen LogP contribution in [0.2, 0.25) is 0 Å². The highest BCUT2D eigenvalue weighted by Crippen LogP contribution is 2.32. The van der Waals surface area contributed by atoms with Crippen LogP contribution in [0.1, 0.15) is 50.4 Å². The van der Waals surface area contributed by atoms with Gasteiger partial charge in [-0.15, -0.1) is 11.6 Å². The third kappa shape index (κ3) is 3.09. The maximum atomic E-state index is 12.3. The summed E-state index contributed by atoms with van der Waals surface area (Å²) in [6.07, 6.45) is 0.592. The largest absolute Gasteiger partial charge is 0.444 e. The second-order valence-corrected chi connectivity index (χ2v) is 6.49. The number of hydrogen-bond donors (Lipinski definition) is 0. The molecule has 1 aliphatic rings. The van der Waals surface area contributed by atoms with Gasteiger partial charge in [0.15, 0.2) is 0 Å². The molecule has 0 spiro atoms. The molecule has 0 aliphatic carbocycles. The van der Waals surface area contributed by atoms with Crippen LogP contribution in [-0.4, -0.2) is 23.1 Å². The van der Waals surface area contributed by atoms with E-state index in [4.69, 9.17) is 16.3 Å². The molecule has 1 aromatic rings. The average molecular weight is 296 g/mol. The first-order valence-electron chi connectivity index (χ1n) is 6.99. The van der Waals surface area contributed by atoms with Crippen LogP contribution in [0.25, 0.3) is 0 Å². The van der Waals surface area contributed by atoms with Crippen molar-refractivity contribution in [3.8, 4) is 0 Å². The Morgan fingerprint density at radius 3 is 2.75 bits per heavy atom. The lowest BCUT2D eigenvalue weighted by atomic mass is 9.90. The van der Waals surface area contributed by atoms with E-state index < -0.39 is 5.60 Å². The molecule has 1 aromatic carbocycles. The fourth-order valence-corrected chi connectivity index (χ4v) is 2.89. The van der Waals surface area contributed by atoms with Crippen LogP contribution >= 0.6 is 11.6 Å². The molecule has 1 heterocycles. The molecule has 1 atom stereocenters. The van der Waals surface area contributed by atoms with E-state index in [9.17, 15) is 4.79 Å². The molecular weight excluding hydrogens is 274 g/mol. The van der Waals surface area contributed by atoms with Gasteiger partial charge >= 0.3 is 6.09 Å². The summed E-state index contributed by atoms with van der Waals surface area (Å²) in [6, 6.07) is 6.16. The first kappa shape index (κ1) is 15.2.